The van der Waals surface area contributed by atoms with E-state index >= 15 is 0 Å². The molecule has 0 aliphatic heterocycles. The molecule has 2 atom stereocenters. The summed E-state index contributed by atoms with van der Waals surface area (Å²) < 4.78 is 0. The molecule has 0 bridgehead atoms. The van der Waals surface area contributed by atoms with Gasteiger partial charge in [0.1, 0.15) is 0 Å². The highest BCUT2D eigenvalue weighted by atomic mass is 16.4. The lowest BCUT2D eigenvalue weighted by Crippen LogP contribution is -2.29. The largest absolute Gasteiger partial charge is 0.480 e. The molecule has 15 heavy (non-hydrogen) atoms. The number of carbonyl (C=O) groups is 1. The van der Waals surface area contributed by atoms with Crippen molar-refractivity contribution < 1.29 is 15.0 Å². The molecule has 0 fully saturated rings. The van der Waals surface area contributed by atoms with E-state index in [1.807, 2.05) is 30.3 Å². The van der Waals surface area contributed by atoms with Crippen molar-refractivity contribution in [2.45, 2.75) is 19.1 Å². The Balaban J connectivity index is 2.75. The van der Waals surface area contributed by atoms with E-state index < -0.39 is 18.1 Å². The van der Waals surface area contributed by atoms with Gasteiger partial charge in [-0.25, -0.2) is 4.79 Å². The molecule has 1 aromatic carbocycles. The van der Waals surface area contributed by atoms with E-state index in [4.69, 9.17) is 10.2 Å². The fourth-order valence-electron chi connectivity index (χ4n) is 1.10. The van der Waals surface area contributed by atoms with E-state index in [0.29, 0.717) is 0 Å². The maximum absolute atomic E-state index is 10.7. The van der Waals surface area contributed by atoms with Gasteiger partial charge >= 0.3 is 5.97 Å². The number of hydrogen-bond acceptors (Lipinski definition) is 3. The summed E-state index contributed by atoms with van der Waals surface area (Å²) in [6.07, 6.45) is 0.452. The van der Waals surface area contributed by atoms with Crippen molar-refractivity contribution in [1.82, 2.24) is 0 Å². The van der Waals surface area contributed by atoms with Gasteiger partial charge in [-0.05, 0) is 12.5 Å². The van der Waals surface area contributed by atoms with Gasteiger partial charge in [0.25, 0.3) is 0 Å². The number of hydrogen-bond donors (Lipinski definition) is 2. The van der Waals surface area contributed by atoms with Crippen LogP contribution in [0.2, 0.25) is 0 Å². The van der Waals surface area contributed by atoms with Crippen LogP contribution in [0.25, 0.3) is 0 Å². The second-order valence-corrected chi connectivity index (χ2v) is 3.21. The van der Waals surface area contributed by atoms with E-state index in [9.17, 15) is 4.79 Å². The number of aliphatic hydroxyl groups is 1. The Morgan fingerprint density at radius 3 is 2.47 bits per heavy atom. The number of aliphatic hydroxyl groups excluding tert-OH is 1. The third-order valence-electron chi connectivity index (χ3n) is 1.89. The lowest BCUT2D eigenvalue weighted by molar-refractivity contribution is -0.140. The maximum atomic E-state index is 10.7. The van der Waals surface area contributed by atoms with Gasteiger partial charge in [0, 0.05) is 6.21 Å². The predicted molar refractivity (Wildman–Crippen MR) is 57.1 cm³/mol. The van der Waals surface area contributed by atoms with Crippen LogP contribution < -0.4 is 0 Å². The van der Waals surface area contributed by atoms with E-state index in [-0.39, 0.29) is 0 Å². The monoisotopic (exact) mass is 207 g/mol. The van der Waals surface area contributed by atoms with Gasteiger partial charge < -0.3 is 10.2 Å². The van der Waals surface area contributed by atoms with Crippen LogP contribution in [0.15, 0.2) is 35.3 Å². The van der Waals surface area contributed by atoms with Crippen molar-refractivity contribution in [1.29, 1.82) is 0 Å². The number of carboxylic acids is 1. The fraction of sp³-hybridized carbons (Fsp3) is 0.273. The molecule has 0 heterocycles. The van der Waals surface area contributed by atoms with Gasteiger partial charge in [0.15, 0.2) is 6.04 Å². The van der Waals surface area contributed by atoms with Crippen molar-refractivity contribution in [3.63, 3.8) is 0 Å². The van der Waals surface area contributed by atoms with Gasteiger partial charge in [0.05, 0.1) is 6.10 Å². The summed E-state index contributed by atoms with van der Waals surface area (Å²) in [5.41, 5.74) is 0.810. The predicted octanol–water partition coefficient (Wildman–Crippen LogP) is 0.940. The summed E-state index contributed by atoms with van der Waals surface area (Å²) in [4.78, 5) is 14.5. The van der Waals surface area contributed by atoms with Crippen molar-refractivity contribution in [2.24, 2.45) is 4.99 Å². The van der Waals surface area contributed by atoms with Crippen LogP contribution in [-0.4, -0.2) is 34.5 Å². The lowest BCUT2D eigenvalue weighted by atomic mass is 10.2. The molecule has 4 nitrogen and oxygen atoms in total. The first kappa shape index (κ1) is 11.4. The Morgan fingerprint density at radius 2 is 2.00 bits per heavy atom. The minimum absolute atomic E-state index is 0.810. The second-order valence-electron chi connectivity index (χ2n) is 3.21. The van der Waals surface area contributed by atoms with E-state index in [1.165, 1.54) is 13.1 Å². The highest BCUT2D eigenvalue weighted by molar-refractivity contribution is 5.83. The minimum atomic E-state index is -1.13. The molecule has 0 saturated carbocycles. The van der Waals surface area contributed by atoms with E-state index in [1.54, 1.807) is 0 Å². The molecule has 0 radical (unpaired) electrons. The van der Waals surface area contributed by atoms with Gasteiger partial charge in [-0.15, -0.1) is 0 Å². The van der Waals surface area contributed by atoms with E-state index in [0.717, 1.165) is 5.56 Å². The first-order valence-electron chi connectivity index (χ1n) is 4.60. The van der Waals surface area contributed by atoms with Crippen molar-refractivity contribution in [3.05, 3.63) is 35.9 Å². The molecule has 0 amide bonds. The number of nitrogens with zero attached hydrogens (tertiary/aromatic N) is 1. The first-order valence-corrected chi connectivity index (χ1v) is 4.60. The highest BCUT2D eigenvalue weighted by Gasteiger charge is 2.20. The summed E-state index contributed by atoms with van der Waals surface area (Å²) in [6, 6.07) is 8.04. The Labute approximate surface area is 87.9 Å². The molecule has 0 aliphatic rings. The number of carboxylic acid groups (broad SMARTS) is 1. The molecule has 0 aliphatic carbocycles. The van der Waals surface area contributed by atoms with Crippen molar-refractivity contribution in [2.75, 3.05) is 0 Å². The standard InChI is InChI=1S/C11H13NO3/c1-8(13)10(11(14)15)12-7-9-5-3-2-4-6-9/h2-8,10,13H,1H3,(H,14,15)/b12-7+/t8?,10-/m0/s1. The van der Waals surface area contributed by atoms with Crippen LogP contribution >= 0.6 is 0 Å². The third-order valence-corrected chi connectivity index (χ3v) is 1.89. The summed E-state index contributed by atoms with van der Waals surface area (Å²) >= 11 is 0. The van der Waals surface area contributed by atoms with Crippen LogP contribution in [0.3, 0.4) is 0 Å². The van der Waals surface area contributed by atoms with Gasteiger partial charge in [-0.2, -0.15) is 0 Å². The quantitative estimate of drug-likeness (QED) is 0.722. The highest BCUT2D eigenvalue weighted by Crippen LogP contribution is 2.01. The van der Waals surface area contributed by atoms with Crippen LogP contribution in [0.1, 0.15) is 12.5 Å². The zero-order chi connectivity index (χ0) is 11.3. The number of aliphatic imine (C=N–C) groups is 1. The molecule has 0 saturated heterocycles. The summed E-state index contributed by atoms with van der Waals surface area (Å²) in [5.74, 6) is -1.13. The average molecular weight is 207 g/mol. The van der Waals surface area contributed by atoms with Crippen LogP contribution in [-0.2, 0) is 4.79 Å². The molecule has 4 heteroatoms. The zero-order valence-electron chi connectivity index (χ0n) is 8.37. The normalized spacial score (nSPS) is 15.1. The number of rotatable bonds is 4. The topological polar surface area (TPSA) is 69.9 Å². The smallest absolute Gasteiger partial charge is 0.331 e. The molecule has 1 aromatic rings. The molecule has 2 N–H and O–H groups in total. The Kier molecular flexibility index (Phi) is 4.00. The fourth-order valence-corrected chi connectivity index (χ4v) is 1.10. The molecule has 1 rings (SSSR count). The Bertz CT molecular complexity index is 346. The molecule has 0 aromatic heterocycles. The average Bonchev–Trinajstić information content (AvgIpc) is 2.18. The zero-order valence-corrected chi connectivity index (χ0v) is 8.37. The minimum Gasteiger partial charge on any atom is -0.480 e. The SMILES string of the molecule is CC(O)[C@H](/N=C/c1ccccc1)C(=O)O. The van der Waals surface area contributed by atoms with Crippen LogP contribution in [0.5, 0.6) is 0 Å². The lowest BCUT2D eigenvalue weighted by Gasteiger charge is -2.09. The van der Waals surface area contributed by atoms with Crippen LogP contribution in [0.4, 0.5) is 0 Å². The molecule has 0 spiro atoms. The van der Waals surface area contributed by atoms with Crippen LogP contribution in [0, 0.1) is 0 Å². The van der Waals surface area contributed by atoms with Gasteiger partial charge in [0.2, 0.25) is 0 Å². The Hall–Kier alpha value is -1.68. The van der Waals surface area contributed by atoms with Crippen molar-refractivity contribution >= 4 is 12.2 Å². The summed E-state index contributed by atoms with van der Waals surface area (Å²) in [6.45, 7) is 1.40. The van der Waals surface area contributed by atoms with E-state index in [2.05, 4.69) is 4.99 Å². The van der Waals surface area contributed by atoms with Crippen molar-refractivity contribution in [3.8, 4) is 0 Å². The number of aliphatic carboxylic acids is 1. The van der Waals surface area contributed by atoms with Gasteiger partial charge in [-0.1, -0.05) is 30.3 Å². The summed E-state index contributed by atoms with van der Waals surface area (Å²) in [7, 11) is 0. The number of benzene rings is 1. The summed E-state index contributed by atoms with van der Waals surface area (Å²) in [5, 5.41) is 17.9. The maximum Gasteiger partial charge on any atom is 0.331 e. The first-order chi connectivity index (χ1) is 7.11. The third kappa shape index (κ3) is 3.52. The second kappa shape index (κ2) is 5.26. The molecule has 1 unspecified atom stereocenters. The molecule has 80 valence electrons. The van der Waals surface area contributed by atoms with Gasteiger partial charge in [-0.3, -0.25) is 4.99 Å². The molecular formula is C11H13NO3. The Morgan fingerprint density at radius 1 is 1.40 bits per heavy atom. The molecular weight excluding hydrogens is 194 g/mol.